The molecule has 0 spiro atoms. The number of nitrogens with one attached hydrogen (secondary N) is 1. The Morgan fingerprint density at radius 1 is 1.60 bits per heavy atom. The van der Waals surface area contributed by atoms with E-state index in [0.717, 1.165) is 0 Å². The summed E-state index contributed by atoms with van der Waals surface area (Å²) in [5, 5.41) is 12.7. The lowest BCUT2D eigenvalue weighted by Crippen LogP contribution is -2.38. The number of aromatic nitrogens is 1. The van der Waals surface area contributed by atoms with Crippen molar-refractivity contribution in [2.75, 3.05) is 44.5 Å². The van der Waals surface area contributed by atoms with E-state index < -0.39 is 0 Å². The Labute approximate surface area is 122 Å². The monoisotopic (exact) mass is 302 g/mol. The molecule has 1 rings (SSSR count). The van der Waals surface area contributed by atoms with Crippen LogP contribution in [0, 0.1) is 0 Å². The lowest BCUT2D eigenvalue weighted by atomic mass is 10.3. The van der Waals surface area contributed by atoms with Crippen LogP contribution in [0.3, 0.4) is 0 Å². The highest BCUT2D eigenvalue weighted by Crippen LogP contribution is 2.26. The van der Waals surface area contributed by atoms with Crippen molar-refractivity contribution in [3.8, 4) is 0 Å². The minimum atomic E-state index is -0.205. The minimum Gasteiger partial charge on any atom is -0.395 e. The van der Waals surface area contributed by atoms with Crippen molar-refractivity contribution in [3.05, 3.63) is 4.88 Å². The predicted octanol–water partition coefficient (Wildman–Crippen LogP) is 0.627. The van der Waals surface area contributed by atoms with Gasteiger partial charge in [-0.2, -0.15) is 0 Å². The van der Waals surface area contributed by atoms with Crippen molar-refractivity contribution in [1.29, 1.82) is 0 Å². The van der Waals surface area contributed by atoms with Crippen LogP contribution in [0.1, 0.15) is 23.5 Å². The van der Waals surface area contributed by atoms with Gasteiger partial charge in [0.2, 0.25) is 0 Å². The zero-order valence-corrected chi connectivity index (χ0v) is 12.9. The van der Waals surface area contributed by atoms with E-state index in [4.69, 9.17) is 15.6 Å². The number of aliphatic hydroxyl groups excluding tert-OH is 1. The normalized spacial score (nSPS) is 10.8. The smallest absolute Gasteiger partial charge is 0.268 e. The third-order valence-corrected chi connectivity index (χ3v) is 3.67. The molecule has 0 aliphatic heterocycles. The lowest BCUT2D eigenvalue weighted by molar-refractivity contribution is 0.0671. The Balaban J connectivity index is 2.81. The fourth-order valence-electron chi connectivity index (χ4n) is 1.65. The molecule has 7 nitrogen and oxygen atoms in total. The Kier molecular flexibility index (Phi) is 6.69. The summed E-state index contributed by atoms with van der Waals surface area (Å²) in [6, 6.07) is -0.0129. The van der Waals surface area contributed by atoms with Crippen molar-refractivity contribution >= 4 is 28.2 Å². The van der Waals surface area contributed by atoms with Gasteiger partial charge in [0.1, 0.15) is 10.7 Å². The summed E-state index contributed by atoms with van der Waals surface area (Å²) < 4.78 is 4.93. The molecule has 1 aromatic heterocycles. The van der Waals surface area contributed by atoms with Crippen LogP contribution in [0.25, 0.3) is 0 Å². The summed E-state index contributed by atoms with van der Waals surface area (Å²) in [5.74, 6) is 0.00680. The largest absolute Gasteiger partial charge is 0.395 e. The van der Waals surface area contributed by atoms with Crippen molar-refractivity contribution in [1.82, 2.24) is 9.88 Å². The molecule has 0 aliphatic carbocycles. The molecule has 0 radical (unpaired) electrons. The number of rotatable bonds is 8. The van der Waals surface area contributed by atoms with Gasteiger partial charge >= 0.3 is 0 Å². The molecule has 0 bridgehead atoms. The first-order chi connectivity index (χ1) is 9.51. The van der Waals surface area contributed by atoms with Crippen LogP contribution in [0.15, 0.2) is 0 Å². The number of amides is 1. The van der Waals surface area contributed by atoms with Crippen LogP contribution in [0.4, 0.5) is 10.9 Å². The number of carbonyl (C=O) groups is 1. The zero-order valence-electron chi connectivity index (χ0n) is 12.0. The Hall–Kier alpha value is -1.38. The van der Waals surface area contributed by atoms with Gasteiger partial charge < -0.3 is 25.8 Å². The molecule has 20 heavy (non-hydrogen) atoms. The topological polar surface area (TPSA) is 101 Å². The number of nitrogens with zero attached hydrogens (tertiary/aromatic N) is 2. The standard InChI is InChI=1S/C12H22N4O3S/c1-8(2)16(5-6-17)11(18)9-10(13)15-12(20-9)14-4-7-19-3/h8,17H,4-7,13H2,1-3H3,(H,14,15). The van der Waals surface area contributed by atoms with Gasteiger partial charge in [-0.15, -0.1) is 0 Å². The lowest BCUT2D eigenvalue weighted by Gasteiger charge is -2.25. The van der Waals surface area contributed by atoms with Gasteiger partial charge in [0.15, 0.2) is 5.13 Å². The molecule has 1 amide bonds. The molecule has 4 N–H and O–H groups in total. The van der Waals surface area contributed by atoms with Crippen molar-refractivity contribution in [3.63, 3.8) is 0 Å². The molecule has 0 fully saturated rings. The first-order valence-corrected chi connectivity index (χ1v) is 7.23. The van der Waals surface area contributed by atoms with Crippen LogP contribution >= 0.6 is 11.3 Å². The molecule has 1 aromatic rings. The number of hydrogen-bond acceptors (Lipinski definition) is 7. The van der Waals surface area contributed by atoms with Gasteiger partial charge in [-0.25, -0.2) is 4.98 Å². The maximum Gasteiger partial charge on any atom is 0.268 e. The second-order valence-electron chi connectivity index (χ2n) is 4.47. The SMILES string of the molecule is COCCNc1nc(N)c(C(=O)N(CCO)C(C)C)s1. The minimum absolute atomic E-state index is 0.0129. The van der Waals surface area contributed by atoms with E-state index >= 15 is 0 Å². The molecule has 0 unspecified atom stereocenters. The predicted molar refractivity (Wildman–Crippen MR) is 80.2 cm³/mol. The summed E-state index contributed by atoms with van der Waals surface area (Å²) in [6.45, 7) is 5.12. The van der Waals surface area contributed by atoms with E-state index in [1.54, 1.807) is 12.0 Å². The first kappa shape index (κ1) is 16.7. The molecule has 0 aliphatic rings. The summed E-state index contributed by atoms with van der Waals surface area (Å²) >= 11 is 1.21. The number of nitrogen functional groups attached to an aromatic ring is 1. The summed E-state index contributed by atoms with van der Waals surface area (Å²) in [7, 11) is 1.61. The van der Waals surface area contributed by atoms with Gasteiger partial charge in [0.25, 0.3) is 5.91 Å². The van der Waals surface area contributed by atoms with E-state index in [1.807, 2.05) is 13.8 Å². The number of thiazole rings is 1. The first-order valence-electron chi connectivity index (χ1n) is 6.42. The Bertz CT molecular complexity index is 436. The third kappa shape index (κ3) is 4.32. The van der Waals surface area contributed by atoms with Crippen LogP contribution in [0.5, 0.6) is 0 Å². The molecule has 114 valence electrons. The number of anilines is 2. The molecule has 8 heteroatoms. The van der Waals surface area contributed by atoms with E-state index in [9.17, 15) is 4.79 Å². The van der Waals surface area contributed by atoms with Crippen molar-refractivity contribution in [2.45, 2.75) is 19.9 Å². The highest BCUT2D eigenvalue weighted by atomic mass is 32.1. The third-order valence-electron chi connectivity index (χ3n) is 2.66. The second kappa shape index (κ2) is 8.03. The van der Waals surface area contributed by atoms with Crippen LogP contribution in [-0.4, -0.2) is 60.4 Å². The van der Waals surface area contributed by atoms with E-state index in [1.165, 1.54) is 11.3 Å². The van der Waals surface area contributed by atoms with Crippen molar-refractivity contribution in [2.24, 2.45) is 0 Å². The highest BCUT2D eigenvalue weighted by molar-refractivity contribution is 7.18. The number of methoxy groups -OCH3 is 1. The summed E-state index contributed by atoms with van der Waals surface area (Å²) in [6.07, 6.45) is 0. The van der Waals surface area contributed by atoms with E-state index in [0.29, 0.717) is 23.2 Å². The van der Waals surface area contributed by atoms with Crippen LogP contribution in [0.2, 0.25) is 0 Å². The second-order valence-corrected chi connectivity index (χ2v) is 5.47. The summed E-state index contributed by atoms with van der Waals surface area (Å²) in [5.41, 5.74) is 5.80. The maximum absolute atomic E-state index is 12.4. The quantitative estimate of drug-likeness (QED) is 0.609. The Morgan fingerprint density at radius 2 is 2.30 bits per heavy atom. The van der Waals surface area contributed by atoms with E-state index in [2.05, 4.69) is 10.3 Å². The molecule has 1 heterocycles. The maximum atomic E-state index is 12.4. The number of carbonyl (C=O) groups excluding carboxylic acids is 1. The fourth-order valence-corrected chi connectivity index (χ4v) is 2.52. The van der Waals surface area contributed by atoms with E-state index in [-0.39, 0.29) is 30.9 Å². The fraction of sp³-hybridized carbons (Fsp3) is 0.667. The highest BCUT2D eigenvalue weighted by Gasteiger charge is 2.23. The number of aliphatic hydroxyl groups is 1. The van der Waals surface area contributed by atoms with Gasteiger partial charge in [-0.3, -0.25) is 4.79 Å². The van der Waals surface area contributed by atoms with Crippen LogP contribution in [-0.2, 0) is 4.74 Å². The van der Waals surface area contributed by atoms with Gasteiger partial charge in [-0.05, 0) is 13.8 Å². The average molecular weight is 302 g/mol. The zero-order chi connectivity index (χ0) is 15.1. The molecule has 0 atom stereocenters. The molecule has 0 aromatic carbocycles. The molecule has 0 saturated heterocycles. The van der Waals surface area contributed by atoms with Crippen LogP contribution < -0.4 is 11.1 Å². The number of hydrogen-bond donors (Lipinski definition) is 3. The number of nitrogens with two attached hydrogens (primary N) is 1. The summed E-state index contributed by atoms with van der Waals surface area (Å²) in [4.78, 5) is 18.5. The van der Waals surface area contributed by atoms with Gasteiger partial charge in [0, 0.05) is 26.2 Å². The van der Waals surface area contributed by atoms with Gasteiger partial charge in [-0.1, -0.05) is 11.3 Å². The number of ether oxygens (including phenoxy) is 1. The van der Waals surface area contributed by atoms with Gasteiger partial charge in [0.05, 0.1) is 13.2 Å². The Morgan fingerprint density at radius 3 is 2.85 bits per heavy atom. The molecular weight excluding hydrogens is 280 g/mol. The molecule has 0 saturated carbocycles. The van der Waals surface area contributed by atoms with Crippen molar-refractivity contribution < 1.29 is 14.6 Å². The molecular formula is C12H22N4O3S. The average Bonchev–Trinajstić information content (AvgIpc) is 2.76.